The van der Waals surface area contributed by atoms with Crippen molar-refractivity contribution >= 4 is 33.5 Å². The van der Waals surface area contributed by atoms with E-state index in [1.54, 1.807) is 11.0 Å². The van der Waals surface area contributed by atoms with Crippen LogP contribution in [0.25, 0.3) is 0 Å². The van der Waals surface area contributed by atoms with Crippen molar-refractivity contribution < 1.29 is 19.6 Å². The number of hydrogen-bond donors (Lipinski definition) is 1. The first-order valence-corrected chi connectivity index (χ1v) is 7.61. The third kappa shape index (κ3) is 3.82. The molecule has 0 spiro atoms. The van der Waals surface area contributed by atoms with Crippen molar-refractivity contribution in [2.45, 2.75) is 19.3 Å². The number of carbonyl (C=O) groups excluding carboxylic acids is 1. The normalized spacial score (nSPS) is 18.0. The molecule has 0 aliphatic carbocycles. The molecule has 0 saturated carbocycles. The second-order valence-corrected chi connectivity index (χ2v) is 6.08. The zero-order valence-corrected chi connectivity index (χ0v) is 13.3. The molecule has 1 aromatic rings. The maximum Gasteiger partial charge on any atom is 0.308 e. The van der Waals surface area contributed by atoms with Gasteiger partial charge in [0.05, 0.1) is 17.3 Å². The smallest absolute Gasteiger partial charge is 0.308 e. The second kappa shape index (κ2) is 6.87. The minimum atomic E-state index is -0.881. The van der Waals surface area contributed by atoms with Crippen LogP contribution in [0, 0.1) is 16.0 Å². The van der Waals surface area contributed by atoms with E-state index in [9.17, 15) is 19.7 Å². The van der Waals surface area contributed by atoms with E-state index in [0.29, 0.717) is 29.4 Å². The molecular formula is C14H15BrN2O5. The molecule has 22 heavy (non-hydrogen) atoms. The molecule has 1 unspecified atom stereocenters. The number of likely N-dealkylation sites (tertiary alicyclic amines) is 1. The minimum Gasteiger partial charge on any atom is -0.481 e. The predicted octanol–water partition coefficient (Wildman–Crippen LogP) is 2.22. The summed E-state index contributed by atoms with van der Waals surface area (Å²) in [6, 6.07) is 4.25. The highest BCUT2D eigenvalue weighted by molar-refractivity contribution is 9.10. The lowest BCUT2D eigenvalue weighted by Crippen LogP contribution is -2.43. The Balaban J connectivity index is 2.05. The van der Waals surface area contributed by atoms with Crippen molar-refractivity contribution in [3.05, 3.63) is 38.3 Å². The maximum absolute atomic E-state index is 12.3. The van der Waals surface area contributed by atoms with Crippen LogP contribution in [0.1, 0.15) is 18.4 Å². The summed E-state index contributed by atoms with van der Waals surface area (Å²) < 4.78 is 0.502. The molecule has 1 amide bonds. The van der Waals surface area contributed by atoms with Gasteiger partial charge in [0.2, 0.25) is 5.91 Å². The molecule has 1 aliphatic heterocycles. The minimum absolute atomic E-state index is 0.0491. The Hall–Kier alpha value is -1.96. The molecule has 0 radical (unpaired) electrons. The standard InChI is InChI=1S/C14H15BrN2O5/c15-12-7-11(17(21)22)4-3-9(12)6-13(18)16-5-1-2-10(8-16)14(19)20/h3-4,7,10H,1-2,5-6,8H2,(H,19,20). The van der Waals surface area contributed by atoms with Crippen LogP contribution in [0.5, 0.6) is 0 Å². The van der Waals surface area contributed by atoms with Gasteiger partial charge in [-0.3, -0.25) is 19.7 Å². The number of piperidine rings is 1. The highest BCUT2D eigenvalue weighted by atomic mass is 79.9. The number of carbonyl (C=O) groups is 2. The molecule has 0 bridgehead atoms. The van der Waals surface area contributed by atoms with Gasteiger partial charge in [0.25, 0.3) is 5.69 Å². The number of non-ortho nitro benzene ring substituents is 1. The van der Waals surface area contributed by atoms with E-state index < -0.39 is 16.8 Å². The molecule has 1 heterocycles. The first-order chi connectivity index (χ1) is 10.4. The predicted molar refractivity (Wildman–Crippen MR) is 81.4 cm³/mol. The van der Waals surface area contributed by atoms with Gasteiger partial charge in [-0.25, -0.2) is 0 Å². The number of rotatable bonds is 4. The molecule has 1 fully saturated rings. The summed E-state index contributed by atoms with van der Waals surface area (Å²) in [6.45, 7) is 0.770. The van der Waals surface area contributed by atoms with Crippen molar-refractivity contribution in [3.63, 3.8) is 0 Å². The van der Waals surface area contributed by atoms with Crippen molar-refractivity contribution in [2.24, 2.45) is 5.92 Å². The first kappa shape index (κ1) is 16.4. The van der Waals surface area contributed by atoms with Gasteiger partial charge in [0, 0.05) is 29.7 Å². The number of nitro benzene ring substituents is 1. The number of aliphatic carboxylic acids is 1. The molecule has 1 N–H and O–H groups in total. The Morgan fingerprint density at radius 2 is 2.18 bits per heavy atom. The average Bonchev–Trinajstić information content (AvgIpc) is 2.49. The number of benzene rings is 1. The first-order valence-electron chi connectivity index (χ1n) is 6.82. The van der Waals surface area contributed by atoms with Gasteiger partial charge in [-0.05, 0) is 18.4 Å². The lowest BCUT2D eigenvalue weighted by Gasteiger charge is -2.30. The maximum atomic E-state index is 12.3. The van der Waals surface area contributed by atoms with Crippen LogP contribution < -0.4 is 0 Å². The van der Waals surface area contributed by atoms with Crippen LogP contribution in [0.2, 0.25) is 0 Å². The van der Waals surface area contributed by atoms with Crippen LogP contribution in [0.15, 0.2) is 22.7 Å². The highest BCUT2D eigenvalue weighted by Crippen LogP contribution is 2.24. The van der Waals surface area contributed by atoms with Crippen LogP contribution in [-0.2, 0) is 16.0 Å². The molecule has 118 valence electrons. The fraction of sp³-hybridized carbons (Fsp3) is 0.429. The Morgan fingerprint density at radius 1 is 1.45 bits per heavy atom. The number of carboxylic acids is 1. The highest BCUT2D eigenvalue weighted by Gasteiger charge is 2.28. The molecule has 2 rings (SSSR count). The summed E-state index contributed by atoms with van der Waals surface area (Å²) in [4.78, 5) is 35.0. The molecule has 1 aromatic carbocycles. The van der Waals surface area contributed by atoms with Gasteiger partial charge in [-0.15, -0.1) is 0 Å². The Labute approximate surface area is 135 Å². The number of nitro groups is 1. The molecule has 7 nitrogen and oxygen atoms in total. The summed E-state index contributed by atoms with van der Waals surface area (Å²) >= 11 is 3.23. The van der Waals surface area contributed by atoms with Crippen LogP contribution in [0.3, 0.4) is 0 Å². The Kier molecular flexibility index (Phi) is 5.12. The van der Waals surface area contributed by atoms with Crippen molar-refractivity contribution in [1.82, 2.24) is 4.90 Å². The summed E-state index contributed by atoms with van der Waals surface area (Å²) in [7, 11) is 0. The third-order valence-corrected chi connectivity index (χ3v) is 4.45. The number of halogens is 1. The van der Waals surface area contributed by atoms with Gasteiger partial charge < -0.3 is 10.0 Å². The van der Waals surface area contributed by atoms with E-state index in [2.05, 4.69) is 15.9 Å². The topological polar surface area (TPSA) is 101 Å². The van der Waals surface area contributed by atoms with Crippen molar-refractivity contribution in [2.75, 3.05) is 13.1 Å². The van der Waals surface area contributed by atoms with Crippen molar-refractivity contribution in [3.8, 4) is 0 Å². The van der Waals surface area contributed by atoms with Gasteiger partial charge in [0.1, 0.15) is 0 Å². The lowest BCUT2D eigenvalue weighted by molar-refractivity contribution is -0.384. The fourth-order valence-electron chi connectivity index (χ4n) is 2.47. The number of hydrogen-bond acceptors (Lipinski definition) is 4. The molecule has 0 aromatic heterocycles. The van der Waals surface area contributed by atoms with E-state index in [4.69, 9.17) is 5.11 Å². The van der Waals surface area contributed by atoms with Gasteiger partial charge in [-0.1, -0.05) is 22.0 Å². The second-order valence-electron chi connectivity index (χ2n) is 5.23. The fourth-order valence-corrected chi connectivity index (χ4v) is 2.98. The van der Waals surface area contributed by atoms with Crippen molar-refractivity contribution in [1.29, 1.82) is 0 Å². The zero-order chi connectivity index (χ0) is 16.3. The van der Waals surface area contributed by atoms with Gasteiger partial charge in [0.15, 0.2) is 0 Å². The lowest BCUT2D eigenvalue weighted by atomic mass is 9.97. The number of carboxylic acid groups (broad SMARTS) is 1. The van der Waals surface area contributed by atoms with E-state index in [-0.39, 0.29) is 24.6 Å². The van der Waals surface area contributed by atoms with E-state index >= 15 is 0 Å². The third-order valence-electron chi connectivity index (χ3n) is 3.71. The Bertz CT molecular complexity index is 619. The van der Waals surface area contributed by atoms with E-state index in [1.165, 1.54) is 12.1 Å². The summed E-state index contributed by atoms with van der Waals surface area (Å²) in [5.74, 6) is -1.56. The van der Waals surface area contributed by atoms with Crippen LogP contribution >= 0.6 is 15.9 Å². The number of nitrogens with zero attached hydrogens (tertiary/aromatic N) is 2. The summed E-state index contributed by atoms with van der Waals surface area (Å²) in [6.07, 6.45) is 1.34. The largest absolute Gasteiger partial charge is 0.481 e. The van der Waals surface area contributed by atoms with E-state index in [0.717, 1.165) is 0 Å². The zero-order valence-electron chi connectivity index (χ0n) is 11.7. The molecule has 1 aliphatic rings. The SMILES string of the molecule is O=C(O)C1CCCN(C(=O)Cc2ccc([N+](=O)[O-])cc2Br)C1. The summed E-state index contributed by atoms with van der Waals surface area (Å²) in [5, 5.41) is 19.7. The monoisotopic (exact) mass is 370 g/mol. The van der Waals surface area contributed by atoms with Crippen LogP contribution in [0.4, 0.5) is 5.69 Å². The Morgan fingerprint density at radius 3 is 2.77 bits per heavy atom. The molecule has 8 heteroatoms. The molecule has 1 atom stereocenters. The van der Waals surface area contributed by atoms with Gasteiger partial charge >= 0.3 is 5.97 Å². The molecule has 1 saturated heterocycles. The van der Waals surface area contributed by atoms with E-state index in [1.807, 2.05) is 0 Å². The molecular weight excluding hydrogens is 356 g/mol. The number of amides is 1. The average molecular weight is 371 g/mol. The summed E-state index contributed by atoms with van der Waals surface area (Å²) in [5.41, 5.74) is 0.597. The van der Waals surface area contributed by atoms with Crippen LogP contribution in [-0.4, -0.2) is 39.9 Å². The van der Waals surface area contributed by atoms with Gasteiger partial charge in [-0.2, -0.15) is 0 Å². The quantitative estimate of drug-likeness (QED) is 0.646.